The maximum Gasteiger partial charge on any atom is 0.338 e. The van der Waals surface area contributed by atoms with Gasteiger partial charge in [0.25, 0.3) is 0 Å². The summed E-state index contributed by atoms with van der Waals surface area (Å²) in [6, 6.07) is 29.3. The lowest BCUT2D eigenvalue weighted by Gasteiger charge is -2.37. The SMILES string of the molecule is COC(=O)c1cc(N2CC(CN[C@H](C)c3cccc4ccccc34)Oc3ccccc32)ccc1C(C)C. The van der Waals surface area contributed by atoms with E-state index in [9.17, 15) is 4.79 Å². The lowest BCUT2D eigenvalue weighted by Crippen LogP contribution is -2.44. The molecule has 37 heavy (non-hydrogen) atoms. The Morgan fingerprint density at radius 3 is 2.54 bits per heavy atom. The van der Waals surface area contributed by atoms with E-state index in [-0.39, 0.29) is 24.0 Å². The van der Waals surface area contributed by atoms with E-state index in [1.807, 2.05) is 30.3 Å². The summed E-state index contributed by atoms with van der Waals surface area (Å²) in [4.78, 5) is 14.9. The van der Waals surface area contributed by atoms with Crippen LogP contribution in [-0.4, -0.2) is 32.3 Å². The van der Waals surface area contributed by atoms with Gasteiger partial charge >= 0.3 is 5.97 Å². The fourth-order valence-corrected chi connectivity index (χ4v) is 5.20. The second-order valence-corrected chi connectivity index (χ2v) is 9.93. The third-order valence-corrected chi connectivity index (χ3v) is 7.15. The van der Waals surface area contributed by atoms with E-state index in [0.717, 1.165) is 22.7 Å². The minimum Gasteiger partial charge on any atom is -0.485 e. The summed E-state index contributed by atoms with van der Waals surface area (Å²) >= 11 is 0. The van der Waals surface area contributed by atoms with Crippen LogP contribution in [0, 0.1) is 0 Å². The molecule has 5 heteroatoms. The third kappa shape index (κ3) is 5.05. The zero-order valence-electron chi connectivity index (χ0n) is 21.9. The zero-order chi connectivity index (χ0) is 25.9. The smallest absolute Gasteiger partial charge is 0.338 e. The first kappa shape index (κ1) is 24.8. The van der Waals surface area contributed by atoms with Crippen molar-refractivity contribution in [3.05, 3.63) is 102 Å². The van der Waals surface area contributed by atoms with Crippen molar-refractivity contribution in [2.45, 2.75) is 38.8 Å². The van der Waals surface area contributed by atoms with E-state index in [4.69, 9.17) is 9.47 Å². The van der Waals surface area contributed by atoms with E-state index >= 15 is 0 Å². The van der Waals surface area contributed by atoms with Gasteiger partial charge < -0.3 is 19.7 Å². The summed E-state index contributed by atoms with van der Waals surface area (Å²) in [5, 5.41) is 6.21. The van der Waals surface area contributed by atoms with Gasteiger partial charge in [0.05, 0.1) is 24.9 Å². The van der Waals surface area contributed by atoms with Gasteiger partial charge in [0.1, 0.15) is 11.9 Å². The van der Waals surface area contributed by atoms with Crippen LogP contribution in [0.2, 0.25) is 0 Å². The molecule has 1 N–H and O–H groups in total. The quantitative estimate of drug-likeness (QED) is 0.280. The Kier molecular flexibility index (Phi) is 7.15. The minimum atomic E-state index is -0.311. The summed E-state index contributed by atoms with van der Waals surface area (Å²) < 4.78 is 11.5. The minimum absolute atomic E-state index is 0.0707. The van der Waals surface area contributed by atoms with Crippen molar-refractivity contribution in [1.82, 2.24) is 5.32 Å². The van der Waals surface area contributed by atoms with E-state index in [1.54, 1.807) is 0 Å². The van der Waals surface area contributed by atoms with Gasteiger partial charge in [-0.3, -0.25) is 0 Å². The van der Waals surface area contributed by atoms with Crippen LogP contribution in [0.25, 0.3) is 10.8 Å². The van der Waals surface area contributed by atoms with Gasteiger partial charge in [0.2, 0.25) is 0 Å². The summed E-state index contributed by atoms with van der Waals surface area (Å²) in [6.07, 6.45) is -0.0707. The molecule has 2 atom stereocenters. The van der Waals surface area contributed by atoms with Crippen molar-refractivity contribution in [3.63, 3.8) is 0 Å². The van der Waals surface area contributed by atoms with Crippen LogP contribution in [-0.2, 0) is 4.74 Å². The maximum atomic E-state index is 12.6. The molecule has 0 aliphatic carbocycles. The van der Waals surface area contributed by atoms with Crippen molar-refractivity contribution in [2.75, 3.05) is 25.1 Å². The second kappa shape index (κ2) is 10.7. The van der Waals surface area contributed by atoms with Gasteiger partial charge in [-0.1, -0.05) is 74.5 Å². The molecule has 5 rings (SSSR count). The Morgan fingerprint density at radius 2 is 1.73 bits per heavy atom. The molecule has 190 valence electrons. The van der Waals surface area contributed by atoms with Gasteiger partial charge in [-0.25, -0.2) is 4.79 Å². The number of carbonyl (C=O) groups excluding carboxylic acids is 1. The number of hydrogen-bond donors (Lipinski definition) is 1. The molecule has 1 aliphatic heterocycles. The van der Waals surface area contributed by atoms with Crippen LogP contribution < -0.4 is 15.0 Å². The molecule has 0 fully saturated rings. The molecule has 1 heterocycles. The van der Waals surface area contributed by atoms with Crippen molar-refractivity contribution >= 4 is 28.1 Å². The number of esters is 1. The number of para-hydroxylation sites is 2. The normalized spacial score (nSPS) is 15.8. The summed E-state index contributed by atoms with van der Waals surface area (Å²) in [5.41, 5.74) is 4.82. The van der Waals surface area contributed by atoms with E-state index in [0.29, 0.717) is 18.7 Å². The predicted octanol–water partition coefficient (Wildman–Crippen LogP) is 7.00. The van der Waals surface area contributed by atoms with Crippen molar-refractivity contribution in [2.24, 2.45) is 0 Å². The molecule has 4 aromatic rings. The molecule has 1 unspecified atom stereocenters. The highest BCUT2D eigenvalue weighted by Gasteiger charge is 2.28. The molecule has 0 saturated carbocycles. The Balaban J connectivity index is 1.40. The number of hydrogen-bond acceptors (Lipinski definition) is 5. The number of nitrogens with one attached hydrogen (secondary N) is 1. The average molecular weight is 495 g/mol. The Labute approximate surface area is 219 Å². The predicted molar refractivity (Wildman–Crippen MR) is 150 cm³/mol. The highest BCUT2D eigenvalue weighted by molar-refractivity contribution is 5.93. The number of benzene rings is 4. The lowest BCUT2D eigenvalue weighted by molar-refractivity contribution is 0.0599. The number of methoxy groups -OCH3 is 1. The number of nitrogens with zero attached hydrogens (tertiary/aromatic N) is 1. The second-order valence-electron chi connectivity index (χ2n) is 9.93. The standard InChI is InChI=1S/C32H34N2O3/c1-21(2)26-17-16-24(18-29(26)32(35)36-4)34-20-25(37-31-15-8-7-14-30(31)34)19-33-22(3)27-13-9-11-23-10-5-6-12-28(23)27/h5-18,21-22,25,33H,19-20H2,1-4H3/t22-,25?/m1/s1. The number of rotatable bonds is 7. The van der Waals surface area contributed by atoms with Crippen LogP contribution in [0.3, 0.4) is 0 Å². The van der Waals surface area contributed by atoms with Gasteiger partial charge in [-0.15, -0.1) is 0 Å². The van der Waals surface area contributed by atoms with Gasteiger partial charge in [-0.05, 0) is 59.0 Å². The molecular weight excluding hydrogens is 460 g/mol. The monoisotopic (exact) mass is 494 g/mol. The van der Waals surface area contributed by atoms with Gasteiger partial charge in [0, 0.05) is 18.3 Å². The molecule has 0 amide bonds. The number of carbonyl (C=O) groups is 1. The first-order chi connectivity index (χ1) is 18.0. The molecule has 4 aromatic carbocycles. The maximum absolute atomic E-state index is 12.6. The highest BCUT2D eigenvalue weighted by Crippen LogP contribution is 2.39. The largest absolute Gasteiger partial charge is 0.485 e. The Bertz CT molecular complexity index is 1410. The summed E-state index contributed by atoms with van der Waals surface area (Å²) in [7, 11) is 1.43. The first-order valence-electron chi connectivity index (χ1n) is 12.9. The van der Waals surface area contributed by atoms with Crippen LogP contribution >= 0.6 is 0 Å². The number of anilines is 2. The molecule has 0 aromatic heterocycles. The van der Waals surface area contributed by atoms with Crippen molar-refractivity contribution in [1.29, 1.82) is 0 Å². The zero-order valence-corrected chi connectivity index (χ0v) is 21.9. The van der Waals surface area contributed by atoms with Crippen LogP contribution in [0.5, 0.6) is 5.75 Å². The molecule has 1 aliphatic rings. The molecule has 0 saturated heterocycles. The third-order valence-electron chi connectivity index (χ3n) is 7.15. The van der Waals surface area contributed by atoms with Gasteiger partial charge in [0.15, 0.2) is 0 Å². The van der Waals surface area contributed by atoms with Crippen LogP contribution in [0.4, 0.5) is 11.4 Å². The lowest BCUT2D eigenvalue weighted by atomic mass is 9.96. The Morgan fingerprint density at radius 1 is 0.973 bits per heavy atom. The number of fused-ring (bicyclic) bond motifs is 2. The fraction of sp³-hybridized carbons (Fsp3) is 0.281. The molecule has 0 radical (unpaired) electrons. The van der Waals surface area contributed by atoms with E-state index < -0.39 is 0 Å². The molecular formula is C32H34N2O3. The summed E-state index contributed by atoms with van der Waals surface area (Å²) in [5.74, 6) is 0.743. The van der Waals surface area contributed by atoms with Crippen molar-refractivity contribution < 1.29 is 14.3 Å². The van der Waals surface area contributed by atoms with Gasteiger partial charge in [-0.2, -0.15) is 0 Å². The molecule has 5 nitrogen and oxygen atoms in total. The van der Waals surface area contributed by atoms with Crippen LogP contribution in [0.15, 0.2) is 84.9 Å². The highest BCUT2D eigenvalue weighted by atomic mass is 16.5. The fourth-order valence-electron chi connectivity index (χ4n) is 5.20. The average Bonchev–Trinajstić information content (AvgIpc) is 2.94. The van der Waals surface area contributed by atoms with E-state index in [1.165, 1.54) is 23.4 Å². The summed E-state index contributed by atoms with van der Waals surface area (Å²) in [6.45, 7) is 7.72. The molecule has 0 spiro atoms. The van der Waals surface area contributed by atoms with Crippen LogP contribution in [0.1, 0.15) is 54.2 Å². The Hall–Kier alpha value is -3.83. The molecule has 0 bridgehead atoms. The van der Waals surface area contributed by atoms with Crippen molar-refractivity contribution in [3.8, 4) is 5.75 Å². The number of ether oxygens (including phenoxy) is 2. The first-order valence-corrected chi connectivity index (χ1v) is 12.9. The topological polar surface area (TPSA) is 50.8 Å². The van der Waals surface area contributed by atoms with E-state index in [2.05, 4.69) is 85.6 Å².